The lowest BCUT2D eigenvalue weighted by Gasteiger charge is -2.12. The highest BCUT2D eigenvalue weighted by Gasteiger charge is 2.10. The molecule has 0 unspecified atom stereocenters. The molecule has 7 aromatic rings. The molecule has 0 aromatic heterocycles. The SMILES string of the molecule is N#Cc1ccc(-c2ccc(OCCCCCCCCCCCOc3ccc(C=Nc4ccc5ccc6cccc7ccc4c5c67)cc3)cc2)cc1. The first-order chi connectivity index (χ1) is 25.2. The van der Waals surface area contributed by atoms with Crippen LogP contribution in [0, 0.1) is 11.3 Å². The second-order valence-corrected chi connectivity index (χ2v) is 13.4. The lowest BCUT2D eigenvalue weighted by molar-refractivity contribution is 0.302. The minimum Gasteiger partial charge on any atom is -0.494 e. The largest absolute Gasteiger partial charge is 0.494 e. The van der Waals surface area contributed by atoms with Gasteiger partial charge in [0.15, 0.2) is 0 Å². The molecular weight excluding hydrogens is 625 g/mol. The topological polar surface area (TPSA) is 54.6 Å². The number of hydrogen-bond donors (Lipinski definition) is 0. The number of benzene rings is 7. The van der Waals surface area contributed by atoms with E-state index in [1.165, 1.54) is 77.3 Å². The smallest absolute Gasteiger partial charge is 0.119 e. The Balaban J connectivity index is 0.739. The Hall–Kier alpha value is -5.66. The van der Waals surface area contributed by atoms with Gasteiger partial charge in [0.05, 0.1) is 30.5 Å². The first-order valence-electron chi connectivity index (χ1n) is 18.4. The van der Waals surface area contributed by atoms with Crippen molar-refractivity contribution in [3.05, 3.63) is 139 Å². The predicted octanol–water partition coefficient (Wildman–Crippen LogP) is 12.8. The van der Waals surface area contributed by atoms with Gasteiger partial charge in [-0.2, -0.15) is 5.26 Å². The molecule has 0 spiro atoms. The van der Waals surface area contributed by atoms with Gasteiger partial charge in [0.25, 0.3) is 0 Å². The Kier molecular flexibility index (Phi) is 11.2. The minimum absolute atomic E-state index is 0.679. The maximum Gasteiger partial charge on any atom is 0.119 e. The van der Waals surface area contributed by atoms with E-state index in [-0.39, 0.29) is 0 Å². The van der Waals surface area contributed by atoms with Crippen LogP contribution in [-0.2, 0) is 0 Å². The van der Waals surface area contributed by atoms with Gasteiger partial charge < -0.3 is 9.47 Å². The molecule has 0 aliphatic heterocycles. The third-order valence-electron chi connectivity index (χ3n) is 9.77. The second-order valence-electron chi connectivity index (χ2n) is 13.4. The summed E-state index contributed by atoms with van der Waals surface area (Å²) in [6, 6.07) is 45.9. The Morgan fingerprint density at radius 3 is 1.57 bits per heavy atom. The average molecular weight is 669 g/mol. The van der Waals surface area contributed by atoms with Gasteiger partial charge in [-0.05, 0) is 111 Å². The van der Waals surface area contributed by atoms with Crippen LogP contribution in [0.3, 0.4) is 0 Å². The molecule has 0 saturated heterocycles. The fraction of sp³-hybridized carbons (Fsp3) is 0.234. The number of rotatable bonds is 17. The quantitative estimate of drug-likeness (QED) is 0.0551. The number of aliphatic imine (C=N–C) groups is 1. The van der Waals surface area contributed by atoms with Crippen LogP contribution in [0.15, 0.2) is 132 Å². The van der Waals surface area contributed by atoms with Gasteiger partial charge in [-0.25, -0.2) is 0 Å². The van der Waals surface area contributed by atoms with Crippen LogP contribution in [0.5, 0.6) is 11.5 Å². The molecule has 7 rings (SSSR count). The molecule has 7 aromatic carbocycles. The molecule has 51 heavy (non-hydrogen) atoms. The molecule has 0 N–H and O–H groups in total. The first-order valence-corrected chi connectivity index (χ1v) is 18.4. The van der Waals surface area contributed by atoms with E-state index in [1.54, 1.807) is 0 Å². The zero-order valence-electron chi connectivity index (χ0n) is 29.2. The monoisotopic (exact) mass is 668 g/mol. The predicted molar refractivity (Wildman–Crippen MR) is 213 cm³/mol. The average Bonchev–Trinajstić information content (AvgIpc) is 3.19. The van der Waals surface area contributed by atoms with E-state index < -0.39 is 0 Å². The van der Waals surface area contributed by atoms with Crippen LogP contribution in [0.1, 0.15) is 68.9 Å². The van der Waals surface area contributed by atoms with E-state index in [1.807, 2.05) is 54.7 Å². The molecule has 4 heteroatoms. The summed E-state index contributed by atoms with van der Waals surface area (Å²) in [6.45, 7) is 1.52. The highest BCUT2D eigenvalue weighted by atomic mass is 16.5. The molecule has 0 saturated carbocycles. The van der Waals surface area contributed by atoms with E-state index in [9.17, 15) is 0 Å². The number of unbranched alkanes of at least 4 members (excludes halogenated alkanes) is 8. The van der Waals surface area contributed by atoms with Gasteiger partial charge in [-0.15, -0.1) is 0 Å². The van der Waals surface area contributed by atoms with E-state index in [2.05, 4.69) is 84.9 Å². The lowest BCUT2D eigenvalue weighted by atomic mass is 9.93. The molecule has 254 valence electrons. The van der Waals surface area contributed by atoms with Gasteiger partial charge in [0, 0.05) is 11.6 Å². The molecule has 0 heterocycles. The van der Waals surface area contributed by atoms with Crippen LogP contribution in [0.25, 0.3) is 43.4 Å². The van der Waals surface area contributed by atoms with Crippen molar-refractivity contribution in [1.29, 1.82) is 5.26 Å². The number of hydrogen-bond acceptors (Lipinski definition) is 4. The van der Waals surface area contributed by atoms with Gasteiger partial charge in [0.1, 0.15) is 11.5 Å². The van der Waals surface area contributed by atoms with Crippen molar-refractivity contribution in [2.24, 2.45) is 4.99 Å². The summed E-state index contributed by atoms with van der Waals surface area (Å²) in [4.78, 5) is 4.90. The Labute approximate surface area is 301 Å². The molecule has 0 bridgehead atoms. The first kappa shape index (κ1) is 33.8. The molecule has 4 nitrogen and oxygen atoms in total. The van der Waals surface area contributed by atoms with E-state index >= 15 is 0 Å². The molecule has 0 aliphatic rings. The van der Waals surface area contributed by atoms with E-state index in [0.29, 0.717) is 5.56 Å². The number of nitriles is 1. The van der Waals surface area contributed by atoms with Crippen molar-refractivity contribution >= 4 is 44.2 Å². The number of ether oxygens (including phenoxy) is 2. The normalized spacial score (nSPS) is 11.5. The highest BCUT2D eigenvalue weighted by Crippen LogP contribution is 2.38. The van der Waals surface area contributed by atoms with Crippen LogP contribution in [-0.4, -0.2) is 19.4 Å². The standard InChI is InChI=1S/C47H44N2O2/c48-33-35-13-17-37(18-14-35)38-21-27-43(28-22-38)51-32-9-7-5-3-1-2-4-6-8-31-50-42-25-15-36(16-26-42)34-49-45-30-24-41-20-19-39-11-10-12-40-23-29-44(45)47(41)46(39)40/h10-30,34H,1-9,31-32H2. The summed E-state index contributed by atoms with van der Waals surface area (Å²) in [7, 11) is 0. The highest BCUT2D eigenvalue weighted by molar-refractivity contribution is 6.25. The summed E-state index contributed by atoms with van der Waals surface area (Å²) in [6.07, 6.45) is 13.0. The zero-order valence-corrected chi connectivity index (χ0v) is 29.2. The molecule has 0 atom stereocenters. The van der Waals surface area contributed by atoms with Crippen molar-refractivity contribution < 1.29 is 9.47 Å². The Morgan fingerprint density at radius 2 is 0.980 bits per heavy atom. The fourth-order valence-electron chi connectivity index (χ4n) is 6.93. The molecule has 0 radical (unpaired) electrons. The van der Waals surface area contributed by atoms with Crippen molar-refractivity contribution in [2.45, 2.75) is 57.8 Å². The van der Waals surface area contributed by atoms with E-state index in [4.69, 9.17) is 19.7 Å². The van der Waals surface area contributed by atoms with Crippen molar-refractivity contribution in [1.82, 2.24) is 0 Å². The number of nitrogens with zero attached hydrogens (tertiary/aromatic N) is 2. The summed E-state index contributed by atoms with van der Waals surface area (Å²) >= 11 is 0. The summed E-state index contributed by atoms with van der Waals surface area (Å²) in [5, 5.41) is 16.6. The summed E-state index contributed by atoms with van der Waals surface area (Å²) < 4.78 is 12.0. The van der Waals surface area contributed by atoms with Gasteiger partial charge in [-0.3, -0.25) is 4.99 Å². The Morgan fingerprint density at radius 1 is 0.490 bits per heavy atom. The molecule has 0 fully saturated rings. The maximum atomic E-state index is 8.98. The van der Waals surface area contributed by atoms with Crippen molar-refractivity contribution in [3.8, 4) is 28.7 Å². The lowest BCUT2D eigenvalue weighted by Crippen LogP contribution is -1.97. The van der Waals surface area contributed by atoms with Crippen LogP contribution >= 0.6 is 0 Å². The van der Waals surface area contributed by atoms with E-state index in [0.717, 1.165) is 59.9 Å². The van der Waals surface area contributed by atoms with Crippen LogP contribution in [0.2, 0.25) is 0 Å². The minimum atomic E-state index is 0.679. The third kappa shape index (κ3) is 8.56. The summed E-state index contributed by atoms with van der Waals surface area (Å²) in [5.41, 5.74) is 4.97. The van der Waals surface area contributed by atoms with Crippen LogP contribution < -0.4 is 9.47 Å². The second kappa shape index (κ2) is 16.8. The fourth-order valence-corrected chi connectivity index (χ4v) is 6.93. The van der Waals surface area contributed by atoms with Gasteiger partial charge >= 0.3 is 0 Å². The maximum absolute atomic E-state index is 8.98. The summed E-state index contributed by atoms with van der Waals surface area (Å²) in [5.74, 6) is 1.83. The molecular formula is C47H44N2O2. The Bertz CT molecular complexity index is 2210. The molecule has 0 aliphatic carbocycles. The van der Waals surface area contributed by atoms with Crippen molar-refractivity contribution in [2.75, 3.05) is 13.2 Å². The van der Waals surface area contributed by atoms with Crippen LogP contribution in [0.4, 0.5) is 5.69 Å². The van der Waals surface area contributed by atoms with Crippen molar-refractivity contribution in [3.63, 3.8) is 0 Å². The molecule has 0 amide bonds. The van der Waals surface area contributed by atoms with Gasteiger partial charge in [-0.1, -0.05) is 118 Å². The third-order valence-corrected chi connectivity index (χ3v) is 9.77. The zero-order chi connectivity index (χ0) is 34.7. The van der Waals surface area contributed by atoms with Gasteiger partial charge in [0.2, 0.25) is 0 Å².